The van der Waals surface area contributed by atoms with E-state index in [1.54, 1.807) is 0 Å². The second-order valence-corrected chi connectivity index (χ2v) is 2.68. The van der Waals surface area contributed by atoms with E-state index in [1.165, 1.54) is 0 Å². The fourth-order valence-corrected chi connectivity index (χ4v) is 0. The van der Waals surface area contributed by atoms with Gasteiger partial charge in [0.2, 0.25) is 0 Å². The average Bonchev–Trinajstić information content (AvgIpc) is 1.12. The predicted molar refractivity (Wildman–Crippen MR) is 26.7 cm³/mol. The third kappa shape index (κ3) is 301. The fraction of sp³-hybridized carbons (Fsp3) is 0. The number of hydrogen-bond donors (Lipinski definition) is 0. The van der Waals surface area contributed by atoms with Gasteiger partial charge in [-0.1, -0.05) is 0 Å². The van der Waals surface area contributed by atoms with Gasteiger partial charge in [0.05, 0.1) is 0 Å². The molecular weight excluding hydrogens is 349 g/mol. The summed E-state index contributed by atoms with van der Waals surface area (Å²) in [7, 11) is -10.8. The molecule has 0 rings (SSSR count). The van der Waals surface area contributed by atoms with Crippen molar-refractivity contribution < 1.29 is 38.5 Å². The fourth-order valence-electron chi connectivity index (χ4n) is 0. The number of hydrogen-bond acceptors (Lipinski definition) is 8. The average molecular weight is 349 g/mol. The second kappa shape index (κ2) is 9.82. The van der Waals surface area contributed by atoms with Gasteiger partial charge in [-0.15, -0.1) is 0 Å². The van der Waals surface area contributed by atoms with Crippen LogP contribution in [0, 0.1) is 0 Å². The first-order valence-corrected chi connectivity index (χ1v) is 4.38. The van der Waals surface area contributed by atoms with E-state index in [-0.39, 0.29) is 61.6 Å². The van der Waals surface area contributed by atoms with Crippen LogP contribution in [0.5, 0.6) is 0 Å². The molecule has 0 aliphatic heterocycles. The Morgan fingerprint density at radius 3 is 0.667 bits per heavy atom. The van der Waals surface area contributed by atoms with E-state index in [4.69, 9.17) is 38.5 Å². The molecule has 0 spiro atoms. The largest absolute Gasteiger partial charge is 4.00 e. The van der Waals surface area contributed by atoms with Crippen LogP contribution in [0.4, 0.5) is 0 Å². The Balaban J connectivity index is -0.0000000457. The molecule has 0 N–H and O–H groups in total. The normalized spacial score (nSPS) is 9.83. The molecule has 0 saturated heterocycles. The van der Waals surface area contributed by atoms with Crippen molar-refractivity contribution in [2.24, 2.45) is 0 Å². The SMILES string of the molecule is O=P([O-])([O-])[O-].O=P([O-])([O-])[O-].[Ca+2].[Sn+4]. The molecule has 0 heterocycles. The molecule has 12 heavy (non-hydrogen) atoms. The summed E-state index contributed by atoms with van der Waals surface area (Å²) in [5.41, 5.74) is 0. The maximum atomic E-state index is 8.55. The van der Waals surface area contributed by atoms with E-state index in [0.29, 0.717) is 0 Å². The molecule has 0 saturated carbocycles. The number of phosphoric acid groups is 2. The first kappa shape index (κ1) is 23.8. The van der Waals surface area contributed by atoms with E-state index >= 15 is 0 Å². The van der Waals surface area contributed by atoms with Crippen molar-refractivity contribution in [1.29, 1.82) is 0 Å². The van der Waals surface area contributed by atoms with E-state index in [2.05, 4.69) is 0 Å². The van der Waals surface area contributed by atoms with Crippen LogP contribution in [0.1, 0.15) is 0 Å². The van der Waals surface area contributed by atoms with Gasteiger partial charge in [0.1, 0.15) is 0 Å². The van der Waals surface area contributed by atoms with Gasteiger partial charge in [-0.3, -0.25) is 0 Å². The minimum absolute atomic E-state index is 0. The van der Waals surface area contributed by atoms with Gasteiger partial charge in [0.15, 0.2) is 0 Å². The summed E-state index contributed by atoms with van der Waals surface area (Å²) in [4.78, 5) is 51.3. The van der Waals surface area contributed by atoms with E-state index < -0.39 is 15.6 Å². The summed E-state index contributed by atoms with van der Waals surface area (Å²) >= 11 is 0. The van der Waals surface area contributed by atoms with Gasteiger partial charge in [0, 0.05) is 0 Å². The zero-order valence-electron chi connectivity index (χ0n) is 5.37. The summed E-state index contributed by atoms with van der Waals surface area (Å²) in [6.07, 6.45) is 0. The van der Waals surface area contributed by atoms with Crippen LogP contribution in [-0.2, 0) is 9.13 Å². The van der Waals surface area contributed by atoms with E-state index in [9.17, 15) is 0 Å². The summed E-state index contributed by atoms with van der Waals surface area (Å²) in [5, 5.41) is 0. The number of rotatable bonds is 0. The monoisotopic (exact) mass is 350 g/mol. The van der Waals surface area contributed by atoms with E-state index in [0.717, 1.165) is 0 Å². The maximum Gasteiger partial charge on any atom is 4.00 e. The Morgan fingerprint density at radius 2 is 0.667 bits per heavy atom. The van der Waals surface area contributed by atoms with Gasteiger partial charge in [-0.2, -0.15) is 15.6 Å². The van der Waals surface area contributed by atoms with Crippen LogP contribution in [0.25, 0.3) is 0 Å². The van der Waals surface area contributed by atoms with Crippen molar-refractivity contribution in [3.8, 4) is 0 Å². The molecular formula is CaO8P2Sn. The Kier molecular flexibility index (Phi) is 19.5. The van der Waals surface area contributed by atoms with Gasteiger partial charge in [-0.25, -0.2) is 0 Å². The molecule has 12 heteroatoms. The molecule has 0 aliphatic carbocycles. The molecule has 0 aromatic carbocycles. The van der Waals surface area contributed by atoms with Gasteiger partial charge in [-0.05, 0) is 0 Å². The van der Waals surface area contributed by atoms with Crippen molar-refractivity contribution in [2.75, 3.05) is 0 Å². The minimum atomic E-state index is -5.39. The van der Waals surface area contributed by atoms with Crippen molar-refractivity contribution in [1.82, 2.24) is 0 Å². The molecule has 0 fully saturated rings. The quantitative estimate of drug-likeness (QED) is 0.307. The Bertz CT molecular complexity index is 129. The molecule has 0 amide bonds. The van der Waals surface area contributed by atoms with E-state index in [1.807, 2.05) is 0 Å². The second-order valence-electron chi connectivity index (χ2n) is 0.894. The van der Waals surface area contributed by atoms with Gasteiger partial charge < -0.3 is 38.5 Å². The molecule has 0 bridgehead atoms. The predicted octanol–water partition coefficient (Wildman–Crippen LogP) is -6.41. The van der Waals surface area contributed by atoms with Crippen molar-refractivity contribution in [3.63, 3.8) is 0 Å². The molecule has 0 aromatic rings. The smallest absolute Gasteiger partial charge is 0.822 e. The third-order valence-electron chi connectivity index (χ3n) is 0. The zero-order valence-corrected chi connectivity index (χ0v) is 12.2. The molecule has 0 unspecified atom stereocenters. The first-order chi connectivity index (χ1) is 4.00. The summed E-state index contributed by atoms with van der Waals surface area (Å²) in [5.74, 6) is 0. The summed E-state index contributed by atoms with van der Waals surface area (Å²) < 4.78 is 17.1. The zero-order chi connectivity index (χ0) is 9.00. The van der Waals surface area contributed by atoms with Gasteiger partial charge in [0.25, 0.3) is 0 Å². The van der Waals surface area contributed by atoms with Crippen molar-refractivity contribution >= 4 is 77.3 Å². The topological polar surface area (TPSA) is 172 Å². The van der Waals surface area contributed by atoms with Crippen LogP contribution >= 0.6 is 15.6 Å². The maximum absolute atomic E-state index is 8.55. The summed E-state index contributed by atoms with van der Waals surface area (Å²) in [6, 6.07) is 0. The van der Waals surface area contributed by atoms with Crippen molar-refractivity contribution in [2.45, 2.75) is 0 Å². The molecule has 0 radical (unpaired) electrons. The van der Waals surface area contributed by atoms with Crippen molar-refractivity contribution in [3.05, 3.63) is 0 Å². The van der Waals surface area contributed by atoms with Crippen LogP contribution in [-0.4, -0.2) is 61.6 Å². The van der Waals surface area contributed by atoms with Crippen LogP contribution < -0.4 is 29.4 Å². The van der Waals surface area contributed by atoms with Crippen LogP contribution in [0.2, 0.25) is 0 Å². The first-order valence-electron chi connectivity index (χ1n) is 1.46. The Hall–Kier alpha value is 2.28. The van der Waals surface area contributed by atoms with Crippen LogP contribution in [0.15, 0.2) is 0 Å². The molecule has 64 valence electrons. The third-order valence-corrected chi connectivity index (χ3v) is 0. The minimum Gasteiger partial charge on any atom is -0.822 e. The van der Waals surface area contributed by atoms with Crippen LogP contribution in [0.3, 0.4) is 0 Å². The molecule has 8 nitrogen and oxygen atoms in total. The summed E-state index contributed by atoms with van der Waals surface area (Å²) in [6.45, 7) is 0. The van der Waals surface area contributed by atoms with Gasteiger partial charge >= 0.3 is 61.6 Å². The molecule has 0 aromatic heterocycles. The standard InChI is InChI=1S/Ca.2H3O4P.Sn/c;2*1-5(2,3)4;/h;2*(H3,1,2,3,4);/q+2;;;+4/p-6. The molecule has 0 atom stereocenters. The molecule has 0 aliphatic rings. The Morgan fingerprint density at radius 1 is 0.667 bits per heavy atom. The Labute approximate surface area is 114 Å².